The smallest absolute Gasteiger partial charge is 0.337 e. The van der Waals surface area contributed by atoms with E-state index in [4.69, 9.17) is 16.3 Å². The van der Waals surface area contributed by atoms with Gasteiger partial charge in [0.05, 0.1) is 5.57 Å². The number of ketones is 1. The van der Waals surface area contributed by atoms with E-state index in [2.05, 4.69) is 5.32 Å². The zero-order chi connectivity index (χ0) is 24.5. The number of halogens is 1. The van der Waals surface area contributed by atoms with Gasteiger partial charge in [-0.3, -0.25) is 4.79 Å². The van der Waals surface area contributed by atoms with Crippen LogP contribution in [-0.2, 0) is 14.3 Å². The summed E-state index contributed by atoms with van der Waals surface area (Å²) in [5.41, 5.74) is 4.37. The molecule has 0 unspecified atom stereocenters. The molecule has 0 saturated heterocycles. The van der Waals surface area contributed by atoms with Crippen LogP contribution in [0.1, 0.15) is 74.8 Å². The Morgan fingerprint density at radius 2 is 1.77 bits per heavy atom. The average Bonchev–Trinajstić information content (AvgIpc) is 2.84. The molecule has 0 spiro atoms. The van der Waals surface area contributed by atoms with E-state index in [-0.39, 0.29) is 29.5 Å². The van der Waals surface area contributed by atoms with E-state index >= 15 is 0 Å². The Balaban J connectivity index is 1.52. The van der Waals surface area contributed by atoms with Gasteiger partial charge in [0.25, 0.3) is 0 Å². The van der Waals surface area contributed by atoms with E-state index in [1.54, 1.807) is 18.2 Å². The fourth-order valence-electron chi connectivity index (χ4n) is 5.72. The van der Waals surface area contributed by atoms with Crippen LogP contribution in [0, 0.1) is 0 Å². The molecule has 1 fully saturated rings. The van der Waals surface area contributed by atoms with Gasteiger partial charge in [-0.15, -0.1) is 0 Å². The largest absolute Gasteiger partial charge is 0.508 e. The average molecular weight is 492 g/mol. The predicted molar refractivity (Wildman–Crippen MR) is 135 cm³/mol. The fourth-order valence-corrected chi connectivity index (χ4v) is 5.84. The van der Waals surface area contributed by atoms with E-state index < -0.39 is 5.92 Å². The SMILES string of the molecule is CC1=C(C(=O)OC2CCCCC2)[C@H](c2cccc(O)c2)C2=C(C[C@@H](c3ccc(Cl)cc3)CC2=O)N1. The van der Waals surface area contributed by atoms with E-state index in [0.29, 0.717) is 40.3 Å². The van der Waals surface area contributed by atoms with E-state index in [1.165, 1.54) is 6.42 Å². The number of Topliss-reactive ketones (excluding diaryl/α,β-unsaturated/α-hetero) is 1. The molecule has 6 heteroatoms. The number of ether oxygens (including phenoxy) is 1. The lowest BCUT2D eigenvalue weighted by Gasteiger charge is -2.37. The van der Waals surface area contributed by atoms with Crippen molar-refractivity contribution in [2.45, 2.75) is 69.8 Å². The van der Waals surface area contributed by atoms with Gasteiger partial charge >= 0.3 is 5.97 Å². The summed E-state index contributed by atoms with van der Waals surface area (Å²) in [6.45, 7) is 1.87. The summed E-state index contributed by atoms with van der Waals surface area (Å²) in [7, 11) is 0. The van der Waals surface area contributed by atoms with Crippen LogP contribution in [0.2, 0.25) is 5.02 Å². The molecule has 1 aliphatic heterocycles. The quantitative estimate of drug-likeness (QED) is 0.492. The Kier molecular flexibility index (Phi) is 6.70. The number of phenols is 1. The molecule has 2 N–H and O–H groups in total. The third kappa shape index (κ3) is 4.87. The Hall–Kier alpha value is -3.05. The molecule has 2 aromatic rings. The molecule has 5 nitrogen and oxygen atoms in total. The minimum absolute atomic E-state index is 0.00232. The van der Waals surface area contributed by atoms with Gasteiger partial charge < -0.3 is 15.2 Å². The topological polar surface area (TPSA) is 75.6 Å². The molecule has 5 rings (SSSR count). The first-order chi connectivity index (χ1) is 16.9. The molecular formula is C29H30ClNO4. The van der Waals surface area contributed by atoms with Crippen LogP contribution in [0.3, 0.4) is 0 Å². The molecule has 2 atom stereocenters. The maximum absolute atomic E-state index is 13.7. The molecule has 0 radical (unpaired) electrons. The number of benzene rings is 2. The van der Waals surface area contributed by atoms with Gasteiger partial charge in [0.1, 0.15) is 11.9 Å². The van der Waals surface area contributed by atoms with Gasteiger partial charge in [-0.1, -0.05) is 42.3 Å². The fraction of sp³-hybridized carbons (Fsp3) is 0.379. The van der Waals surface area contributed by atoms with Crippen LogP contribution in [0.25, 0.3) is 0 Å². The molecule has 3 aliphatic rings. The first-order valence-electron chi connectivity index (χ1n) is 12.4. The molecule has 2 aliphatic carbocycles. The number of hydrogen-bond acceptors (Lipinski definition) is 5. The number of nitrogens with one attached hydrogen (secondary N) is 1. The van der Waals surface area contributed by atoms with Crippen LogP contribution < -0.4 is 5.32 Å². The summed E-state index contributed by atoms with van der Waals surface area (Å²) < 4.78 is 5.95. The summed E-state index contributed by atoms with van der Waals surface area (Å²) in [6, 6.07) is 14.5. The van der Waals surface area contributed by atoms with Gasteiger partial charge in [0, 0.05) is 34.3 Å². The predicted octanol–water partition coefficient (Wildman–Crippen LogP) is 6.28. The Bertz CT molecular complexity index is 1210. The third-order valence-electron chi connectivity index (χ3n) is 7.42. The number of hydrogen-bond donors (Lipinski definition) is 2. The van der Waals surface area contributed by atoms with Crippen LogP contribution in [-0.4, -0.2) is 23.0 Å². The van der Waals surface area contributed by atoms with Gasteiger partial charge in [-0.25, -0.2) is 4.79 Å². The van der Waals surface area contributed by atoms with Crippen molar-refractivity contribution < 1.29 is 19.4 Å². The van der Waals surface area contributed by atoms with Crippen molar-refractivity contribution in [1.29, 1.82) is 0 Å². The minimum atomic E-state index is -0.576. The van der Waals surface area contributed by atoms with Crippen molar-refractivity contribution in [2.75, 3.05) is 0 Å². The number of aromatic hydroxyl groups is 1. The lowest BCUT2D eigenvalue weighted by Crippen LogP contribution is -2.37. The molecule has 1 saturated carbocycles. The van der Waals surface area contributed by atoms with Crippen molar-refractivity contribution >= 4 is 23.4 Å². The highest BCUT2D eigenvalue weighted by Gasteiger charge is 2.42. The number of rotatable bonds is 4. The second kappa shape index (κ2) is 9.90. The van der Waals surface area contributed by atoms with Crippen molar-refractivity contribution in [3.05, 3.63) is 87.2 Å². The Morgan fingerprint density at radius 3 is 2.49 bits per heavy atom. The first-order valence-corrected chi connectivity index (χ1v) is 12.8. The molecule has 0 bridgehead atoms. The van der Waals surface area contributed by atoms with Crippen LogP contribution in [0.15, 0.2) is 71.1 Å². The monoisotopic (exact) mass is 491 g/mol. The molecule has 0 amide bonds. The maximum Gasteiger partial charge on any atom is 0.337 e. The third-order valence-corrected chi connectivity index (χ3v) is 7.67. The molecule has 1 heterocycles. The highest BCUT2D eigenvalue weighted by Crippen LogP contribution is 2.46. The van der Waals surface area contributed by atoms with Gasteiger partial charge in [0.2, 0.25) is 0 Å². The summed E-state index contributed by atoms with van der Waals surface area (Å²) in [6.07, 6.45) is 5.95. The number of allylic oxidation sites excluding steroid dienone is 3. The minimum Gasteiger partial charge on any atom is -0.508 e. The van der Waals surface area contributed by atoms with Crippen LogP contribution in [0.4, 0.5) is 0 Å². The van der Waals surface area contributed by atoms with Crippen molar-refractivity contribution in [1.82, 2.24) is 5.32 Å². The van der Waals surface area contributed by atoms with Crippen LogP contribution >= 0.6 is 11.6 Å². The lowest BCUT2D eigenvalue weighted by molar-refractivity contribution is -0.146. The molecule has 0 aromatic heterocycles. The van der Waals surface area contributed by atoms with E-state index in [1.807, 2.05) is 37.3 Å². The van der Waals surface area contributed by atoms with Gasteiger partial charge in [-0.2, -0.15) is 0 Å². The summed E-state index contributed by atoms with van der Waals surface area (Å²) in [5.74, 6) is -0.826. The Morgan fingerprint density at radius 1 is 1.03 bits per heavy atom. The van der Waals surface area contributed by atoms with Crippen LogP contribution in [0.5, 0.6) is 5.75 Å². The lowest BCUT2D eigenvalue weighted by atomic mass is 9.71. The zero-order valence-electron chi connectivity index (χ0n) is 19.9. The summed E-state index contributed by atoms with van der Waals surface area (Å²) in [4.78, 5) is 27.2. The van der Waals surface area contributed by atoms with Gasteiger partial charge in [0.15, 0.2) is 5.78 Å². The molecule has 182 valence electrons. The maximum atomic E-state index is 13.7. The highest BCUT2D eigenvalue weighted by molar-refractivity contribution is 6.30. The number of esters is 1. The second-order valence-electron chi connectivity index (χ2n) is 9.83. The number of phenolic OH excluding ortho intramolecular Hbond substituents is 1. The normalized spacial score (nSPS) is 23.1. The first kappa shape index (κ1) is 23.7. The zero-order valence-corrected chi connectivity index (χ0v) is 20.6. The number of carbonyl (C=O) groups excluding carboxylic acids is 2. The Labute approximate surface area is 210 Å². The van der Waals surface area contributed by atoms with Gasteiger partial charge in [-0.05, 0) is 80.3 Å². The highest BCUT2D eigenvalue weighted by atomic mass is 35.5. The van der Waals surface area contributed by atoms with Crippen molar-refractivity contribution in [3.63, 3.8) is 0 Å². The molecular weight excluding hydrogens is 462 g/mol. The number of dihydropyridines is 1. The second-order valence-corrected chi connectivity index (χ2v) is 10.3. The molecule has 2 aromatic carbocycles. The van der Waals surface area contributed by atoms with Crippen molar-refractivity contribution in [2.24, 2.45) is 0 Å². The number of carbonyl (C=O) groups is 2. The van der Waals surface area contributed by atoms with E-state index in [0.717, 1.165) is 36.9 Å². The standard InChI is InChI=1S/C29H30ClNO4/c1-17-26(29(34)35-23-8-3-2-4-9-23)27(19-6-5-7-22(32)14-19)28-24(31-17)15-20(16-25(28)33)18-10-12-21(30)13-11-18/h5-7,10-14,20,23,27,31-32H,2-4,8-9,15-16H2,1H3/t20-,27+/m1/s1. The summed E-state index contributed by atoms with van der Waals surface area (Å²) >= 11 is 6.07. The van der Waals surface area contributed by atoms with E-state index in [9.17, 15) is 14.7 Å². The van der Waals surface area contributed by atoms with Crippen molar-refractivity contribution in [3.8, 4) is 5.75 Å². The summed E-state index contributed by atoms with van der Waals surface area (Å²) in [5, 5.41) is 14.3. The molecule has 35 heavy (non-hydrogen) atoms.